The van der Waals surface area contributed by atoms with Crippen LogP contribution in [0.5, 0.6) is 0 Å². The molecular weight excluding hydrogens is 543 g/mol. The van der Waals surface area contributed by atoms with E-state index in [1.165, 1.54) is 4.74 Å². The Balaban J connectivity index is 6.73. The third-order valence-corrected chi connectivity index (χ3v) is 3.51. The van der Waals surface area contributed by atoms with E-state index in [0.717, 1.165) is 6.92 Å². The van der Waals surface area contributed by atoms with Crippen molar-refractivity contribution in [1.82, 2.24) is 0 Å². The third kappa shape index (κ3) is 5.70. The molecule has 0 aromatic carbocycles. The number of hydrogen-bond donors (Lipinski definition) is 0. The van der Waals surface area contributed by atoms with Crippen molar-refractivity contribution < 1.29 is 93.6 Å². The summed E-state index contributed by atoms with van der Waals surface area (Å²) in [5, 5.41) is 0. The summed E-state index contributed by atoms with van der Waals surface area (Å²) in [6.45, 7) is 1.67. The zero-order valence-corrected chi connectivity index (χ0v) is 15.8. The summed E-state index contributed by atoms with van der Waals surface area (Å²) in [6, 6.07) is 0. The second-order valence-electron chi connectivity index (χ2n) is 6.12. The zero-order chi connectivity index (χ0) is 28.0. The smallest absolute Gasteiger partial charge is 0.458 e. The van der Waals surface area contributed by atoms with E-state index in [9.17, 15) is 79.4 Å². The van der Waals surface area contributed by atoms with Crippen LogP contribution in [0.4, 0.5) is 74.6 Å². The Kier molecular flexibility index (Phi) is 8.53. The van der Waals surface area contributed by atoms with Gasteiger partial charge < -0.3 is 4.74 Å². The van der Waals surface area contributed by atoms with Crippen molar-refractivity contribution in [3.05, 3.63) is 0 Å². The van der Waals surface area contributed by atoms with Crippen LogP contribution in [-0.2, 0) is 19.0 Å². The number of ether oxygens (including phenoxy) is 3. The predicted molar refractivity (Wildman–Crippen MR) is 68.7 cm³/mol. The monoisotopic (exact) mass is 552 g/mol. The molecule has 0 spiro atoms. The van der Waals surface area contributed by atoms with Crippen LogP contribution in [-0.4, -0.2) is 60.5 Å². The van der Waals surface area contributed by atoms with Crippen molar-refractivity contribution in [1.29, 1.82) is 0 Å². The molecule has 21 heteroatoms. The lowest BCUT2D eigenvalue weighted by molar-refractivity contribution is -0.548. The molecule has 0 aromatic heterocycles. The van der Waals surface area contributed by atoms with Gasteiger partial charge >= 0.3 is 54.3 Å². The molecule has 0 bridgehead atoms. The standard InChI is InChI=1S/C13H9F17O4/c1-3-4(2)32-5(31)6(14,9(18,19)20)33-13(29,30)8(17,11(24,25)26)34-12(27,28)7(15,16)10(21,22)23/h4H,3H2,1-2H3/t4-,6+,8-/m1/s1. The van der Waals surface area contributed by atoms with E-state index in [-0.39, 0.29) is 0 Å². The van der Waals surface area contributed by atoms with E-state index in [0.29, 0.717) is 6.92 Å². The number of alkyl halides is 17. The molecule has 0 N–H and O–H groups in total. The van der Waals surface area contributed by atoms with E-state index in [4.69, 9.17) is 0 Å². The van der Waals surface area contributed by atoms with Gasteiger partial charge in [0.1, 0.15) is 0 Å². The molecule has 0 saturated carbocycles. The van der Waals surface area contributed by atoms with Crippen molar-refractivity contribution in [2.75, 3.05) is 0 Å². The van der Waals surface area contributed by atoms with Gasteiger partial charge in [-0.15, -0.1) is 0 Å². The first-order valence-corrected chi connectivity index (χ1v) is 7.87. The van der Waals surface area contributed by atoms with Crippen molar-refractivity contribution in [3.63, 3.8) is 0 Å². The molecule has 0 unspecified atom stereocenters. The maximum absolute atomic E-state index is 14.1. The van der Waals surface area contributed by atoms with Crippen LogP contribution in [0.3, 0.4) is 0 Å². The largest absolute Gasteiger partial charge is 0.462 e. The second-order valence-corrected chi connectivity index (χ2v) is 6.12. The van der Waals surface area contributed by atoms with Crippen LogP contribution in [0.1, 0.15) is 20.3 Å². The average Bonchev–Trinajstić information content (AvgIpc) is 2.57. The molecule has 0 radical (unpaired) electrons. The zero-order valence-electron chi connectivity index (χ0n) is 15.8. The Labute approximate surface area is 175 Å². The Morgan fingerprint density at radius 1 is 0.647 bits per heavy atom. The number of esters is 1. The summed E-state index contributed by atoms with van der Waals surface area (Å²) in [5.74, 6) is -26.4. The van der Waals surface area contributed by atoms with Crippen LogP contribution in [0.25, 0.3) is 0 Å². The summed E-state index contributed by atoms with van der Waals surface area (Å²) in [4.78, 5) is 11.3. The number of carbonyl (C=O) groups excluding carboxylic acids is 1. The quantitative estimate of drug-likeness (QED) is 0.253. The number of rotatable bonds is 9. The Bertz CT molecular complexity index is 726. The second kappa shape index (κ2) is 9.01. The van der Waals surface area contributed by atoms with Crippen LogP contribution >= 0.6 is 0 Å². The molecule has 0 aromatic rings. The van der Waals surface area contributed by atoms with E-state index in [1.807, 2.05) is 4.74 Å². The first-order valence-electron chi connectivity index (χ1n) is 7.87. The van der Waals surface area contributed by atoms with Gasteiger partial charge in [0, 0.05) is 0 Å². The van der Waals surface area contributed by atoms with Crippen molar-refractivity contribution >= 4 is 5.97 Å². The summed E-state index contributed by atoms with van der Waals surface area (Å²) < 4.78 is 226. The Morgan fingerprint density at radius 2 is 1.06 bits per heavy atom. The van der Waals surface area contributed by atoms with Gasteiger partial charge in [-0.25, -0.2) is 4.79 Å². The van der Waals surface area contributed by atoms with Gasteiger partial charge in [0.2, 0.25) is 0 Å². The van der Waals surface area contributed by atoms with Crippen LogP contribution in [0.15, 0.2) is 0 Å². The lowest BCUT2D eigenvalue weighted by Gasteiger charge is -2.40. The molecule has 204 valence electrons. The SMILES string of the molecule is CC[C@@H](C)OC(=O)[C@](F)(OC(F)(F)[C@](F)(OC(F)(F)C(F)(F)C(F)(F)F)C(F)(F)F)C(F)(F)F. The molecule has 0 saturated heterocycles. The highest BCUT2D eigenvalue weighted by molar-refractivity contribution is 5.79. The first kappa shape index (κ1) is 32.2. The molecule has 4 nitrogen and oxygen atoms in total. The normalized spacial score (nSPS) is 19.3. The van der Waals surface area contributed by atoms with E-state index < -0.39 is 66.9 Å². The lowest BCUT2D eigenvalue weighted by atomic mass is 10.2. The molecule has 0 rings (SSSR count). The number of hydrogen-bond acceptors (Lipinski definition) is 4. The molecule has 0 fully saturated rings. The van der Waals surface area contributed by atoms with E-state index >= 15 is 0 Å². The molecule has 3 atom stereocenters. The van der Waals surface area contributed by atoms with Gasteiger partial charge in [-0.05, 0) is 13.3 Å². The highest BCUT2D eigenvalue weighted by atomic mass is 19.4. The van der Waals surface area contributed by atoms with Gasteiger partial charge in [0.25, 0.3) is 0 Å². The minimum Gasteiger partial charge on any atom is -0.458 e. The molecule has 0 aliphatic rings. The van der Waals surface area contributed by atoms with Gasteiger partial charge in [0.05, 0.1) is 6.10 Å². The summed E-state index contributed by atoms with van der Waals surface area (Å²) in [6.07, 6.45) is -40.8. The van der Waals surface area contributed by atoms with Gasteiger partial charge in [-0.3, -0.25) is 9.47 Å². The van der Waals surface area contributed by atoms with Gasteiger partial charge in [0.15, 0.2) is 0 Å². The number of carbonyl (C=O) groups is 1. The topological polar surface area (TPSA) is 44.8 Å². The minimum atomic E-state index is -8.04. The van der Waals surface area contributed by atoms with Gasteiger partial charge in [-0.1, -0.05) is 6.92 Å². The first-order chi connectivity index (χ1) is 14.5. The predicted octanol–water partition coefficient (Wildman–Crippen LogP) is 6.20. The summed E-state index contributed by atoms with van der Waals surface area (Å²) in [5.41, 5.74) is 0. The van der Waals surface area contributed by atoms with Crippen molar-refractivity contribution in [2.45, 2.75) is 74.8 Å². The highest BCUT2D eigenvalue weighted by Gasteiger charge is 2.85. The van der Waals surface area contributed by atoms with Crippen molar-refractivity contribution in [3.8, 4) is 0 Å². The van der Waals surface area contributed by atoms with E-state index in [2.05, 4.69) is 4.74 Å². The average molecular weight is 552 g/mol. The van der Waals surface area contributed by atoms with Gasteiger partial charge in [-0.2, -0.15) is 74.6 Å². The third-order valence-electron chi connectivity index (χ3n) is 3.51. The molecule has 0 aliphatic heterocycles. The molecule has 0 heterocycles. The molecule has 0 amide bonds. The van der Waals surface area contributed by atoms with Crippen LogP contribution in [0.2, 0.25) is 0 Å². The van der Waals surface area contributed by atoms with Crippen molar-refractivity contribution in [2.24, 2.45) is 0 Å². The van der Waals surface area contributed by atoms with Crippen LogP contribution in [0, 0.1) is 0 Å². The molecule has 0 aliphatic carbocycles. The Morgan fingerprint density at radius 3 is 1.35 bits per heavy atom. The number of halogens is 17. The fraction of sp³-hybridized carbons (Fsp3) is 0.923. The minimum absolute atomic E-state index is 0.506. The summed E-state index contributed by atoms with van der Waals surface area (Å²) in [7, 11) is 0. The lowest BCUT2D eigenvalue weighted by Crippen LogP contribution is -2.68. The maximum Gasteiger partial charge on any atom is 0.462 e. The Hall–Kier alpha value is -1.80. The molecular formula is C13H9F17O4. The highest BCUT2D eigenvalue weighted by Crippen LogP contribution is 2.56. The molecule has 34 heavy (non-hydrogen) atoms. The fourth-order valence-electron chi connectivity index (χ4n) is 1.49. The fourth-order valence-corrected chi connectivity index (χ4v) is 1.49. The van der Waals surface area contributed by atoms with E-state index in [1.54, 1.807) is 0 Å². The maximum atomic E-state index is 14.1. The van der Waals surface area contributed by atoms with Crippen LogP contribution < -0.4 is 0 Å². The summed E-state index contributed by atoms with van der Waals surface area (Å²) >= 11 is 0.